The molecule has 8 unspecified atom stereocenters. The summed E-state index contributed by atoms with van der Waals surface area (Å²) in [6, 6.07) is 7.90. The topological polar surface area (TPSA) is 325 Å². The third-order valence-electron chi connectivity index (χ3n) is 14.7. The lowest BCUT2D eigenvalue weighted by Gasteiger charge is -2.31. The maximum absolute atomic E-state index is 14.8. The largest absolute Gasteiger partial charge is 0.343 e. The zero-order chi connectivity index (χ0) is 60.2. The minimum Gasteiger partial charge on any atom is -0.343 e. The van der Waals surface area contributed by atoms with E-state index in [0.29, 0.717) is 24.0 Å². The Kier molecular flexibility index (Phi) is 25.2. The average molecular weight is 1140 g/mol. The molecule has 8 atom stereocenters. The molecule has 0 aromatic heterocycles. The Morgan fingerprint density at radius 1 is 0.451 bits per heavy atom. The number of fused-ring (bicyclic) bond motifs is 2. The molecule has 0 spiro atoms. The summed E-state index contributed by atoms with van der Waals surface area (Å²) in [5.41, 5.74) is 12.5. The van der Waals surface area contributed by atoms with Gasteiger partial charge in [0.1, 0.15) is 59.7 Å². The molecule has 82 heavy (non-hydrogen) atoms. The molecule has 3 fully saturated rings. The molecule has 2 aromatic rings. The van der Waals surface area contributed by atoms with Crippen molar-refractivity contribution in [2.45, 2.75) is 168 Å². The third-order valence-corrected chi connectivity index (χ3v) is 14.7. The van der Waals surface area contributed by atoms with Gasteiger partial charge >= 0.3 is 0 Å². The van der Waals surface area contributed by atoms with E-state index in [-0.39, 0.29) is 101 Å². The molecule has 3 heterocycles. The summed E-state index contributed by atoms with van der Waals surface area (Å²) >= 11 is 0. The fourth-order valence-corrected chi connectivity index (χ4v) is 10.3. The van der Waals surface area contributed by atoms with Gasteiger partial charge in [0.05, 0.1) is 0 Å². The summed E-state index contributed by atoms with van der Waals surface area (Å²) in [6.45, 7) is 14.8. The van der Waals surface area contributed by atoms with E-state index in [1.54, 1.807) is 88.4 Å². The number of amides is 10. The third kappa shape index (κ3) is 18.8. The molecule has 5 rings (SSSR count). The molecule has 0 saturated carbocycles. The molecule has 22 nitrogen and oxygen atoms in total. The van der Waals surface area contributed by atoms with Gasteiger partial charge in [-0.05, 0) is 124 Å². The van der Waals surface area contributed by atoms with Crippen molar-refractivity contribution in [2.75, 3.05) is 26.2 Å². The van der Waals surface area contributed by atoms with Crippen molar-refractivity contribution >= 4 is 71.2 Å². The minimum absolute atomic E-state index is 0.0575. The highest BCUT2D eigenvalue weighted by Crippen LogP contribution is 2.24. The van der Waals surface area contributed by atoms with E-state index in [4.69, 9.17) is 11.5 Å². The molecule has 22 heteroatoms. The van der Waals surface area contributed by atoms with Crippen LogP contribution in [0.2, 0.25) is 0 Å². The van der Waals surface area contributed by atoms with Crippen LogP contribution < -0.4 is 54.0 Å². The van der Waals surface area contributed by atoms with Gasteiger partial charge in [0.15, 0.2) is 0 Å². The van der Waals surface area contributed by atoms with Crippen molar-refractivity contribution in [1.29, 1.82) is 0 Å². The molecule has 0 aliphatic carbocycles. The van der Waals surface area contributed by atoms with Gasteiger partial charge in [-0.3, -0.25) is 47.9 Å². The van der Waals surface area contributed by atoms with E-state index >= 15 is 0 Å². The predicted octanol–water partition coefficient (Wildman–Crippen LogP) is 2.09. The highest BCUT2D eigenvalue weighted by atomic mass is 16.2. The van der Waals surface area contributed by atoms with Gasteiger partial charge in [-0.1, -0.05) is 116 Å². The predicted molar refractivity (Wildman–Crippen MR) is 311 cm³/mol. The number of hydrogen-bond acceptors (Lipinski definition) is 12. The second-order valence-electron chi connectivity index (χ2n) is 23.1. The molecule has 3 aliphatic heterocycles. The molecule has 12 N–H and O–H groups in total. The van der Waals surface area contributed by atoms with Crippen LogP contribution in [0, 0.1) is 23.7 Å². The number of hydrogen-bond donors (Lipinski definition) is 10. The smallest absolute Gasteiger partial charge is 0.271 e. The Hall–Kier alpha value is -7.46. The van der Waals surface area contributed by atoms with Crippen LogP contribution in [0.25, 0.3) is 12.2 Å². The summed E-state index contributed by atoms with van der Waals surface area (Å²) in [5, 5.41) is 22.4. The standard InChI is InChI=1S/C60H88N12O10/c1-35(2)31-43-53(75)67-45(33-39-19-11-9-12-20-39)59(81)71-29-17-25-47(71)55(77)70-50(38(7)8)58(80)64-42(24-16-28-62)52(74)66-44(32-36(3)4)54(76)68-46(34-40-21-13-10-14-22-40)60(82)72-30-18-26-48(72)56(78)69-49(37(5)6)57(79)63-41(23-15-27-61)51(73)65-43/h9-14,19-22,33-38,41-44,47-50H,15-18,23-32,61-62H2,1-8H3,(H,63,79)(H,64,80)(H,65,73)(H,66,74)(H,67,75)(H,68,76)(H,69,78)(H,70,77)/b45-33+,46-34+. The molecule has 3 saturated heterocycles. The van der Waals surface area contributed by atoms with Crippen LogP contribution in [0.3, 0.4) is 0 Å². The Bertz CT molecular complexity index is 2450. The molecule has 3 aliphatic rings. The van der Waals surface area contributed by atoms with Crippen molar-refractivity contribution in [2.24, 2.45) is 35.1 Å². The van der Waals surface area contributed by atoms with Crippen LogP contribution in [0.1, 0.15) is 131 Å². The van der Waals surface area contributed by atoms with Crippen LogP contribution in [0.4, 0.5) is 0 Å². The number of nitrogens with one attached hydrogen (secondary N) is 8. The number of carbonyl (C=O) groups is 10. The van der Waals surface area contributed by atoms with Crippen molar-refractivity contribution in [3.05, 3.63) is 83.2 Å². The highest BCUT2D eigenvalue weighted by molar-refractivity contribution is 6.06. The fraction of sp³-hybridized carbons (Fsp3) is 0.567. The second kappa shape index (κ2) is 31.7. The van der Waals surface area contributed by atoms with E-state index in [0.717, 1.165) is 0 Å². The van der Waals surface area contributed by atoms with Gasteiger partial charge in [-0.25, -0.2) is 0 Å². The van der Waals surface area contributed by atoms with Gasteiger partial charge in [-0.15, -0.1) is 0 Å². The molecule has 2 aromatic carbocycles. The van der Waals surface area contributed by atoms with E-state index < -0.39 is 119 Å². The van der Waals surface area contributed by atoms with Crippen molar-refractivity contribution in [3.8, 4) is 0 Å². The Labute approximate surface area is 482 Å². The van der Waals surface area contributed by atoms with Crippen LogP contribution in [0.15, 0.2) is 72.1 Å². The first-order chi connectivity index (χ1) is 39.0. The first-order valence-electron chi connectivity index (χ1n) is 29.0. The molecule has 0 bridgehead atoms. The van der Waals surface area contributed by atoms with Gasteiger partial charge in [0, 0.05) is 13.1 Å². The van der Waals surface area contributed by atoms with E-state index in [2.05, 4.69) is 42.5 Å². The van der Waals surface area contributed by atoms with E-state index in [9.17, 15) is 47.9 Å². The summed E-state index contributed by atoms with van der Waals surface area (Å²) in [4.78, 5) is 148. The number of rotatable bonds is 14. The Morgan fingerprint density at radius 2 is 0.793 bits per heavy atom. The Morgan fingerprint density at radius 3 is 1.11 bits per heavy atom. The maximum atomic E-state index is 14.8. The number of nitrogens with two attached hydrogens (primary N) is 2. The molecule has 448 valence electrons. The van der Waals surface area contributed by atoms with Gasteiger partial charge in [-0.2, -0.15) is 0 Å². The highest BCUT2D eigenvalue weighted by Gasteiger charge is 2.42. The van der Waals surface area contributed by atoms with Crippen molar-refractivity contribution in [3.63, 3.8) is 0 Å². The molecular formula is C60H88N12O10. The van der Waals surface area contributed by atoms with Crippen LogP contribution in [-0.2, 0) is 47.9 Å². The minimum atomic E-state index is -1.24. The SMILES string of the molecule is CC(C)CC1NC(=O)C(CCCN)NC(=O)C(C(C)C)NC(=O)C2CCCN2C(=O)/C(=C\c2ccccc2)NC(=O)C(CC(C)C)NC(=O)C(CCCN)NC(=O)C(C(C)C)NC(=O)C2CCCN2C(=O)/C(=C\c2ccccc2)NC1=O. The van der Waals surface area contributed by atoms with Crippen LogP contribution in [-0.4, -0.2) is 143 Å². The quantitative estimate of drug-likeness (QED) is 0.122. The number of benzene rings is 2. The van der Waals surface area contributed by atoms with Crippen molar-refractivity contribution in [1.82, 2.24) is 52.3 Å². The second-order valence-corrected chi connectivity index (χ2v) is 23.1. The summed E-state index contributed by atoms with van der Waals surface area (Å²) in [6.07, 6.45) is 5.10. The molecular weight excluding hydrogens is 1050 g/mol. The van der Waals surface area contributed by atoms with Crippen LogP contribution in [0.5, 0.6) is 0 Å². The van der Waals surface area contributed by atoms with E-state index in [1.165, 1.54) is 22.0 Å². The lowest BCUT2D eigenvalue weighted by atomic mass is 10.00. The summed E-state index contributed by atoms with van der Waals surface area (Å²) < 4.78 is 0. The van der Waals surface area contributed by atoms with Gasteiger partial charge < -0.3 is 63.8 Å². The fourth-order valence-electron chi connectivity index (χ4n) is 10.3. The zero-order valence-electron chi connectivity index (χ0n) is 48.9. The summed E-state index contributed by atoms with van der Waals surface area (Å²) in [5.74, 6) is -8.42. The van der Waals surface area contributed by atoms with E-state index in [1.807, 2.05) is 27.7 Å². The number of carbonyl (C=O) groups excluding carboxylic acids is 10. The number of nitrogens with zero attached hydrogens (tertiary/aromatic N) is 2. The zero-order valence-corrected chi connectivity index (χ0v) is 48.9. The Balaban J connectivity index is 1.61. The monoisotopic (exact) mass is 1140 g/mol. The normalized spacial score (nSPS) is 25.8. The van der Waals surface area contributed by atoms with Crippen LogP contribution >= 0.6 is 0 Å². The summed E-state index contributed by atoms with van der Waals surface area (Å²) in [7, 11) is 0. The molecule has 0 radical (unpaired) electrons. The molecule has 10 amide bonds. The van der Waals surface area contributed by atoms with Gasteiger partial charge in [0.25, 0.3) is 11.8 Å². The van der Waals surface area contributed by atoms with Crippen molar-refractivity contribution < 1.29 is 47.9 Å². The first-order valence-corrected chi connectivity index (χ1v) is 29.0. The first kappa shape index (κ1) is 65.4. The maximum Gasteiger partial charge on any atom is 0.271 e. The average Bonchev–Trinajstić information content (AvgIpc) is 4.16. The lowest BCUT2D eigenvalue weighted by molar-refractivity contribution is -0.139. The lowest BCUT2D eigenvalue weighted by Crippen LogP contribution is -2.60. The van der Waals surface area contributed by atoms with Gasteiger partial charge in [0.2, 0.25) is 47.3 Å².